The summed E-state index contributed by atoms with van der Waals surface area (Å²) in [5.74, 6) is 0.428. The fraction of sp³-hybridized carbons (Fsp3) is 0.444. The number of aryl methyl sites for hydroxylation is 1. The first-order valence-electron chi connectivity index (χ1n) is 4.94. The third-order valence-electron chi connectivity index (χ3n) is 2.51. The highest BCUT2D eigenvalue weighted by atomic mass is 16.4. The van der Waals surface area contributed by atoms with Crippen molar-refractivity contribution in [3.8, 4) is 0 Å². The van der Waals surface area contributed by atoms with E-state index in [1.165, 1.54) is 10.9 Å². The van der Waals surface area contributed by atoms with Gasteiger partial charge in [-0.05, 0) is 12.8 Å². The first kappa shape index (κ1) is 10.5. The molecule has 2 rings (SSSR count). The standard InChI is InChI=1S/C9H13N5O2/c1-14-8(12-9(15)5-2-3-5)6(4-11-14)7(10)13-16/h4-5,16H,2-3H2,1H3,(H2,10,13)(H,12,15). The van der Waals surface area contributed by atoms with Gasteiger partial charge in [-0.3, -0.25) is 9.48 Å². The van der Waals surface area contributed by atoms with Gasteiger partial charge in [-0.2, -0.15) is 5.10 Å². The molecular formula is C9H13N5O2. The van der Waals surface area contributed by atoms with Crippen molar-refractivity contribution in [1.29, 1.82) is 0 Å². The van der Waals surface area contributed by atoms with Gasteiger partial charge in [0.2, 0.25) is 5.91 Å². The van der Waals surface area contributed by atoms with Crippen LogP contribution in [0.25, 0.3) is 0 Å². The first-order chi connectivity index (χ1) is 7.63. The van der Waals surface area contributed by atoms with Crippen LogP contribution in [0.15, 0.2) is 11.4 Å². The van der Waals surface area contributed by atoms with Gasteiger partial charge in [-0.15, -0.1) is 0 Å². The molecule has 0 unspecified atom stereocenters. The predicted molar refractivity (Wildman–Crippen MR) is 57.1 cm³/mol. The van der Waals surface area contributed by atoms with Crippen LogP contribution in [0.1, 0.15) is 18.4 Å². The second-order valence-electron chi connectivity index (χ2n) is 3.78. The lowest BCUT2D eigenvalue weighted by molar-refractivity contribution is -0.117. The Kier molecular flexibility index (Phi) is 2.51. The Bertz CT molecular complexity index is 447. The zero-order valence-corrected chi connectivity index (χ0v) is 8.84. The molecule has 0 aliphatic heterocycles. The number of carbonyl (C=O) groups is 1. The van der Waals surface area contributed by atoms with Crippen molar-refractivity contribution in [3.05, 3.63) is 11.8 Å². The number of aromatic nitrogens is 2. The van der Waals surface area contributed by atoms with E-state index in [1.807, 2.05) is 0 Å². The van der Waals surface area contributed by atoms with Gasteiger partial charge < -0.3 is 16.3 Å². The van der Waals surface area contributed by atoms with Gasteiger partial charge in [0, 0.05) is 13.0 Å². The number of amidine groups is 1. The maximum atomic E-state index is 11.6. The molecular weight excluding hydrogens is 210 g/mol. The van der Waals surface area contributed by atoms with Gasteiger partial charge in [-0.25, -0.2) is 0 Å². The van der Waals surface area contributed by atoms with Gasteiger partial charge in [-0.1, -0.05) is 5.16 Å². The van der Waals surface area contributed by atoms with Gasteiger partial charge >= 0.3 is 0 Å². The lowest BCUT2D eigenvalue weighted by atomic mass is 10.3. The van der Waals surface area contributed by atoms with Gasteiger partial charge in [0.1, 0.15) is 5.82 Å². The minimum absolute atomic E-state index is 0.0458. The number of anilines is 1. The average molecular weight is 223 g/mol. The SMILES string of the molecule is Cn1ncc(C(N)=NO)c1NC(=O)C1CC1. The number of nitrogens with one attached hydrogen (secondary N) is 1. The third kappa shape index (κ3) is 1.83. The highest BCUT2D eigenvalue weighted by Gasteiger charge is 2.30. The van der Waals surface area contributed by atoms with E-state index in [0.717, 1.165) is 12.8 Å². The van der Waals surface area contributed by atoms with Crippen molar-refractivity contribution in [2.75, 3.05) is 5.32 Å². The Morgan fingerprint density at radius 3 is 3.00 bits per heavy atom. The molecule has 7 heteroatoms. The number of amides is 1. The van der Waals surface area contributed by atoms with Crippen LogP contribution in [-0.4, -0.2) is 26.7 Å². The Balaban J connectivity index is 2.24. The minimum Gasteiger partial charge on any atom is -0.409 e. The molecule has 1 aromatic rings. The lowest BCUT2D eigenvalue weighted by Gasteiger charge is -2.06. The summed E-state index contributed by atoms with van der Waals surface area (Å²) in [6, 6.07) is 0. The molecule has 1 heterocycles. The van der Waals surface area contributed by atoms with Gasteiger partial charge in [0.15, 0.2) is 5.84 Å². The largest absolute Gasteiger partial charge is 0.409 e. The number of nitrogens with two attached hydrogens (primary N) is 1. The molecule has 0 radical (unpaired) electrons. The molecule has 1 aliphatic carbocycles. The van der Waals surface area contributed by atoms with Crippen molar-refractivity contribution in [1.82, 2.24) is 9.78 Å². The van der Waals surface area contributed by atoms with Crippen LogP contribution in [0.2, 0.25) is 0 Å². The molecule has 1 aliphatic rings. The molecule has 0 spiro atoms. The molecule has 1 amide bonds. The molecule has 1 saturated carbocycles. The average Bonchev–Trinajstić information content (AvgIpc) is 3.06. The summed E-state index contributed by atoms with van der Waals surface area (Å²) in [7, 11) is 1.68. The summed E-state index contributed by atoms with van der Waals surface area (Å²) < 4.78 is 1.48. The van der Waals surface area contributed by atoms with Crippen LogP contribution >= 0.6 is 0 Å². The van der Waals surface area contributed by atoms with Gasteiger partial charge in [0.25, 0.3) is 0 Å². The molecule has 0 saturated heterocycles. The van der Waals surface area contributed by atoms with Crippen LogP contribution in [0, 0.1) is 5.92 Å². The highest BCUT2D eigenvalue weighted by Crippen LogP contribution is 2.30. The Labute approximate surface area is 91.9 Å². The smallest absolute Gasteiger partial charge is 0.228 e. The van der Waals surface area contributed by atoms with Crippen molar-refractivity contribution in [2.24, 2.45) is 23.9 Å². The molecule has 1 aromatic heterocycles. The minimum atomic E-state index is -0.0702. The van der Waals surface area contributed by atoms with Crippen LogP contribution < -0.4 is 11.1 Å². The molecule has 4 N–H and O–H groups in total. The molecule has 1 fully saturated rings. The molecule has 0 bridgehead atoms. The van der Waals surface area contributed by atoms with Crippen LogP contribution in [0.4, 0.5) is 5.82 Å². The zero-order valence-electron chi connectivity index (χ0n) is 8.84. The summed E-state index contributed by atoms with van der Waals surface area (Å²) in [5, 5.41) is 18.2. The zero-order chi connectivity index (χ0) is 11.7. The monoisotopic (exact) mass is 223 g/mol. The second-order valence-corrected chi connectivity index (χ2v) is 3.78. The predicted octanol–water partition coefficient (Wildman–Crippen LogP) is -0.137. The van der Waals surface area contributed by atoms with Crippen molar-refractivity contribution in [3.63, 3.8) is 0 Å². The Morgan fingerprint density at radius 2 is 2.44 bits per heavy atom. The van der Waals surface area contributed by atoms with E-state index in [4.69, 9.17) is 10.9 Å². The van der Waals surface area contributed by atoms with E-state index in [2.05, 4.69) is 15.6 Å². The number of nitrogens with zero attached hydrogens (tertiary/aromatic N) is 3. The first-order valence-corrected chi connectivity index (χ1v) is 4.94. The molecule has 7 nitrogen and oxygen atoms in total. The number of rotatable bonds is 3. The maximum absolute atomic E-state index is 11.6. The molecule has 0 atom stereocenters. The summed E-state index contributed by atoms with van der Waals surface area (Å²) in [4.78, 5) is 11.6. The molecule has 16 heavy (non-hydrogen) atoms. The lowest BCUT2D eigenvalue weighted by Crippen LogP contribution is -2.20. The maximum Gasteiger partial charge on any atom is 0.228 e. The van der Waals surface area contributed by atoms with E-state index in [0.29, 0.717) is 11.4 Å². The van der Waals surface area contributed by atoms with E-state index in [9.17, 15) is 4.79 Å². The summed E-state index contributed by atoms with van der Waals surface area (Å²) in [6.07, 6.45) is 3.28. The summed E-state index contributed by atoms with van der Waals surface area (Å²) >= 11 is 0. The fourth-order valence-electron chi connectivity index (χ4n) is 1.39. The Morgan fingerprint density at radius 1 is 1.75 bits per heavy atom. The quantitative estimate of drug-likeness (QED) is 0.287. The van der Waals surface area contributed by atoms with Crippen LogP contribution in [-0.2, 0) is 11.8 Å². The van der Waals surface area contributed by atoms with Crippen molar-refractivity contribution < 1.29 is 10.0 Å². The Hall–Kier alpha value is -2.05. The topological polar surface area (TPSA) is 106 Å². The highest BCUT2D eigenvalue weighted by molar-refractivity contribution is 6.05. The van der Waals surface area contributed by atoms with E-state index in [-0.39, 0.29) is 17.7 Å². The van der Waals surface area contributed by atoms with Crippen LogP contribution in [0.5, 0.6) is 0 Å². The molecule has 86 valence electrons. The number of hydrogen-bond acceptors (Lipinski definition) is 4. The van der Waals surface area contributed by atoms with Crippen molar-refractivity contribution in [2.45, 2.75) is 12.8 Å². The third-order valence-corrected chi connectivity index (χ3v) is 2.51. The number of carbonyl (C=O) groups excluding carboxylic acids is 1. The van der Waals surface area contributed by atoms with Crippen LogP contribution in [0.3, 0.4) is 0 Å². The fourth-order valence-corrected chi connectivity index (χ4v) is 1.39. The van der Waals surface area contributed by atoms with E-state index >= 15 is 0 Å². The number of hydrogen-bond donors (Lipinski definition) is 3. The van der Waals surface area contributed by atoms with Gasteiger partial charge in [0.05, 0.1) is 11.8 Å². The second kappa shape index (κ2) is 3.84. The summed E-state index contributed by atoms with van der Waals surface area (Å²) in [5.41, 5.74) is 5.89. The summed E-state index contributed by atoms with van der Waals surface area (Å²) in [6.45, 7) is 0. The normalized spacial score (nSPS) is 16.2. The molecule has 0 aromatic carbocycles. The number of oxime groups is 1. The van der Waals surface area contributed by atoms with E-state index in [1.54, 1.807) is 7.05 Å². The van der Waals surface area contributed by atoms with E-state index < -0.39 is 0 Å². The van der Waals surface area contributed by atoms with Crippen molar-refractivity contribution >= 4 is 17.6 Å².